The standard InChI is InChI=1S/C26H26O5P/c1-15-16(2)22(24(27)19-11-8-7-9-12-19)18(4)25(17(15)3)32(29)26(28)23-20(30-5)13-10-14-21(23)31-6/h7-14H,1-6H3/q+1. The summed E-state index contributed by atoms with van der Waals surface area (Å²) >= 11 is 0. The summed E-state index contributed by atoms with van der Waals surface area (Å²) in [6.45, 7) is 7.35. The molecular formula is C26H26O5P+. The van der Waals surface area contributed by atoms with E-state index in [0.717, 1.165) is 16.7 Å². The van der Waals surface area contributed by atoms with Gasteiger partial charge in [0.25, 0.3) is 0 Å². The SMILES string of the molecule is COc1cccc(OC)c1C(=O)[P+](=O)c1c(C)c(C)c(C)c(C(=O)c2ccccc2)c1C. The van der Waals surface area contributed by atoms with E-state index in [4.69, 9.17) is 9.47 Å². The third-order valence-electron chi connectivity index (χ3n) is 5.88. The average Bonchev–Trinajstić information content (AvgIpc) is 2.82. The second-order valence-electron chi connectivity index (χ2n) is 7.56. The fraction of sp³-hybridized carbons (Fsp3) is 0.231. The number of rotatable bonds is 7. The quantitative estimate of drug-likeness (QED) is 0.354. The fourth-order valence-corrected chi connectivity index (χ4v) is 5.49. The number of benzene rings is 3. The summed E-state index contributed by atoms with van der Waals surface area (Å²) in [5.74, 6) is 0.422. The van der Waals surface area contributed by atoms with Crippen molar-refractivity contribution in [3.8, 4) is 11.5 Å². The number of ether oxygens (including phenoxy) is 2. The zero-order valence-corrected chi connectivity index (χ0v) is 20.0. The molecule has 6 heteroatoms. The molecule has 3 aromatic rings. The first-order valence-electron chi connectivity index (χ1n) is 10.2. The Balaban J connectivity index is 2.21. The highest BCUT2D eigenvalue weighted by molar-refractivity contribution is 7.71. The van der Waals surface area contributed by atoms with Gasteiger partial charge in [0.1, 0.15) is 11.5 Å². The molecule has 0 bridgehead atoms. The molecule has 0 saturated heterocycles. The second kappa shape index (κ2) is 9.46. The molecule has 0 fully saturated rings. The smallest absolute Gasteiger partial charge is 0.459 e. The largest absolute Gasteiger partial charge is 0.496 e. The Morgan fingerprint density at radius 3 is 1.78 bits per heavy atom. The molecule has 0 N–H and O–H groups in total. The highest BCUT2D eigenvalue weighted by Gasteiger charge is 2.41. The summed E-state index contributed by atoms with van der Waals surface area (Å²) in [7, 11) is 0.354. The first-order chi connectivity index (χ1) is 15.2. The van der Waals surface area contributed by atoms with Gasteiger partial charge in [0.2, 0.25) is 5.30 Å². The van der Waals surface area contributed by atoms with E-state index in [0.29, 0.717) is 22.0 Å². The first kappa shape index (κ1) is 23.4. The van der Waals surface area contributed by atoms with Crippen LogP contribution in [-0.4, -0.2) is 25.5 Å². The van der Waals surface area contributed by atoms with Crippen LogP contribution in [0.15, 0.2) is 48.5 Å². The molecule has 0 aliphatic rings. The van der Waals surface area contributed by atoms with E-state index >= 15 is 0 Å². The maximum atomic E-state index is 13.7. The van der Waals surface area contributed by atoms with Crippen molar-refractivity contribution in [1.82, 2.24) is 0 Å². The molecule has 0 aromatic heterocycles. The van der Waals surface area contributed by atoms with Crippen molar-refractivity contribution in [3.05, 3.63) is 87.5 Å². The van der Waals surface area contributed by atoms with Gasteiger partial charge in [0.05, 0.1) is 14.2 Å². The van der Waals surface area contributed by atoms with Crippen molar-refractivity contribution < 1.29 is 23.6 Å². The summed E-state index contributed by atoms with van der Waals surface area (Å²) < 4.78 is 24.3. The van der Waals surface area contributed by atoms with Crippen molar-refractivity contribution in [3.63, 3.8) is 0 Å². The van der Waals surface area contributed by atoms with Crippen LogP contribution >= 0.6 is 7.80 Å². The summed E-state index contributed by atoms with van der Waals surface area (Å²) in [5.41, 5.74) is 3.53. The Morgan fingerprint density at radius 2 is 1.25 bits per heavy atom. The molecule has 1 atom stereocenters. The predicted octanol–water partition coefficient (Wildman–Crippen LogP) is 5.46. The van der Waals surface area contributed by atoms with Crippen molar-refractivity contribution in [2.45, 2.75) is 27.7 Å². The van der Waals surface area contributed by atoms with Crippen molar-refractivity contribution >= 4 is 24.4 Å². The lowest BCUT2D eigenvalue weighted by Crippen LogP contribution is -2.20. The first-order valence-corrected chi connectivity index (χ1v) is 11.4. The van der Waals surface area contributed by atoms with Crippen LogP contribution in [-0.2, 0) is 4.57 Å². The van der Waals surface area contributed by atoms with Gasteiger partial charge in [-0.05, 0) is 51.0 Å². The van der Waals surface area contributed by atoms with Gasteiger partial charge in [-0.3, -0.25) is 4.79 Å². The van der Waals surface area contributed by atoms with Gasteiger partial charge < -0.3 is 9.47 Å². The van der Waals surface area contributed by atoms with Gasteiger partial charge in [-0.2, -0.15) is 0 Å². The molecule has 164 valence electrons. The number of methoxy groups -OCH3 is 2. The summed E-state index contributed by atoms with van der Waals surface area (Å²) in [6.07, 6.45) is 0. The van der Waals surface area contributed by atoms with E-state index in [9.17, 15) is 14.2 Å². The molecule has 5 nitrogen and oxygen atoms in total. The van der Waals surface area contributed by atoms with Crippen LogP contribution in [0.5, 0.6) is 11.5 Å². The molecule has 0 amide bonds. The van der Waals surface area contributed by atoms with E-state index < -0.39 is 13.3 Å². The molecule has 0 heterocycles. The third kappa shape index (κ3) is 3.96. The topological polar surface area (TPSA) is 69.7 Å². The highest BCUT2D eigenvalue weighted by Crippen LogP contribution is 2.39. The van der Waals surface area contributed by atoms with Crippen LogP contribution < -0.4 is 14.8 Å². The molecule has 0 saturated carbocycles. The predicted molar refractivity (Wildman–Crippen MR) is 126 cm³/mol. The number of carbonyl (C=O) groups is 2. The lowest BCUT2D eigenvalue weighted by Gasteiger charge is -2.15. The zero-order valence-electron chi connectivity index (χ0n) is 19.1. The number of ketones is 1. The third-order valence-corrected chi connectivity index (χ3v) is 7.55. The minimum atomic E-state index is -2.54. The van der Waals surface area contributed by atoms with E-state index in [1.807, 2.05) is 26.8 Å². The van der Waals surface area contributed by atoms with Crippen LogP contribution in [0.1, 0.15) is 48.5 Å². The molecule has 0 aliphatic heterocycles. The molecule has 0 spiro atoms. The van der Waals surface area contributed by atoms with Gasteiger partial charge in [-0.25, -0.2) is 4.79 Å². The summed E-state index contributed by atoms with van der Waals surface area (Å²) in [6, 6.07) is 13.9. The minimum Gasteiger partial charge on any atom is -0.496 e. The number of hydrogen-bond acceptors (Lipinski definition) is 5. The fourth-order valence-electron chi connectivity index (χ4n) is 3.97. The Kier molecular flexibility index (Phi) is 6.90. The van der Waals surface area contributed by atoms with Crippen molar-refractivity contribution in [2.24, 2.45) is 0 Å². The summed E-state index contributed by atoms with van der Waals surface area (Å²) in [4.78, 5) is 26.8. The molecule has 1 unspecified atom stereocenters. The van der Waals surface area contributed by atoms with Gasteiger partial charge >= 0.3 is 13.3 Å². The molecule has 0 radical (unpaired) electrons. The maximum Gasteiger partial charge on any atom is 0.459 e. The molecule has 3 rings (SSSR count). The van der Waals surface area contributed by atoms with E-state index in [-0.39, 0.29) is 22.8 Å². The van der Waals surface area contributed by atoms with E-state index in [1.165, 1.54) is 14.2 Å². The van der Waals surface area contributed by atoms with E-state index in [2.05, 4.69) is 0 Å². The molecule has 32 heavy (non-hydrogen) atoms. The van der Waals surface area contributed by atoms with Crippen molar-refractivity contribution in [2.75, 3.05) is 14.2 Å². The van der Waals surface area contributed by atoms with Crippen LogP contribution in [0.2, 0.25) is 0 Å². The Labute approximate surface area is 189 Å². The van der Waals surface area contributed by atoms with Gasteiger partial charge in [-0.15, -0.1) is 0 Å². The summed E-state index contributed by atoms with van der Waals surface area (Å²) in [5, 5.41) is 0.389. The molecule has 0 aliphatic carbocycles. The number of hydrogen-bond donors (Lipinski definition) is 0. The second-order valence-corrected chi connectivity index (χ2v) is 9.00. The van der Waals surface area contributed by atoms with Gasteiger partial charge in [0.15, 0.2) is 11.3 Å². The van der Waals surface area contributed by atoms with Gasteiger partial charge in [-0.1, -0.05) is 41.0 Å². The van der Waals surface area contributed by atoms with Crippen LogP contribution in [0.3, 0.4) is 0 Å². The van der Waals surface area contributed by atoms with E-state index in [1.54, 1.807) is 49.4 Å². The van der Waals surface area contributed by atoms with Crippen LogP contribution in [0, 0.1) is 27.7 Å². The number of carbonyl (C=O) groups excluding carboxylic acids is 2. The average molecular weight is 449 g/mol. The maximum absolute atomic E-state index is 13.7. The minimum absolute atomic E-state index is 0.131. The normalized spacial score (nSPS) is 11.1. The Bertz CT molecular complexity index is 1210. The lowest BCUT2D eigenvalue weighted by molar-refractivity contribution is 0.103. The Morgan fingerprint density at radius 1 is 0.688 bits per heavy atom. The zero-order chi connectivity index (χ0) is 23.6. The molecule has 3 aromatic carbocycles. The van der Waals surface area contributed by atoms with Crippen molar-refractivity contribution in [1.29, 1.82) is 0 Å². The van der Waals surface area contributed by atoms with Crippen LogP contribution in [0.4, 0.5) is 0 Å². The lowest BCUT2D eigenvalue weighted by atomic mass is 9.89. The van der Waals surface area contributed by atoms with Crippen LogP contribution in [0.25, 0.3) is 0 Å². The van der Waals surface area contributed by atoms with Gasteiger partial charge in [0, 0.05) is 22.3 Å². The molecular weight excluding hydrogens is 423 g/mol. The highest BCUT2D eigenvalue weighted by atomic mass is 31.1. The Hall–Kier alpha value is -3.30. The monoisotopic (exact) mass is 449 g/mol.